The van der Waals surface area contributed by atoms with Crippen LogP contribution in [0.4, 0.5) is 0 Å². The molecular formula is C22H23N3O. The highest BCUT2D eigenvalue weighted by molar-refractivity contribution is 6.07. The van der Waals surface area contributed by atoms with E-state index in [4.69, 9.17) is 4.98 Å². The molecule has 2 heterocycles. The van der Waals surface area contributed by atoms with Crippen LogP contribution < -0.4 is 10.6 Å². The number of amides is 1. The lowest BCUT2D eigenvalue weighted by molar-refractivity contribution is 0.0931. The summed E-state index contributed by atoms with van der Waals surface area (Å²) in [5.41, 5.74) is 4.61. The van der Waals surface area contributed by atoms with Crippen molar-refractivity contribution in [2.24, 2.45) is 0 Å². The number of para-hydroxylation sites is 1. The van der Waals surface area contributed by atoms with E-state index >= 15 is 0 Å². The maximum atomic E-state index is 13.0. The van der Waals surface area contributed by atoms with Gasteiger partial charge in [0.2, 0.25) is 0 Å². The molecular weight excluding hydrogens is 322 g/mol. The van der Waals surface area contributed by atoms with Gasteiger partial charge in [-0.2, -0.15) is 0 Å². The summed E-state index contributed by atoms with van der Waals surface area (Å²) in [6.07, 6.45) is 1.94. The van der Waals surface area contributed by atoms with E-state index in [1.165, 1.54) is 5.56 Å². The van der Waals surface area contributed by atoms with Crippen LogP contribution in [0.2, 0.25) is 0 Å². The number of hydrogen-bond acceptors (Lipinski definition) is 3. The van der Waals surface area contributed by atoms with E-state index in [1.807, 2.05) is 30.3 Å². The molecule has 0 unspecified atom stereocenters. The van der Waals surface area contributed by atoms with E-state index < -0.39 is 0 Å². The van der Waals surface area contributed by atoms with Gasteiger partial charge in [0.1, 0.15) is 0 Å². The van der Waals surface area contributed by atoms with E-state index in [0.29, 0.717) is 5.56 Å². The van der Waals surface area contributed by atoms with Gasteiger partial charge in [-0.05, 0) is 45.0 Å². The van der Waals surface area contributed by atoms with Crippen molar-refractivity contribution in [3.63, 3.8) is 0 Å². The molecule has 0 spiro atoms. The lowest BCUT2D eigenvalue weighted by Crippen LogP contribution is -2.42. The summed E-state index contributed by atoms with van der Waals surface area (Å²) in [6.45, 7) is 3.98. The van der Waals surface area contributed by atoms with Crippen molar-refractivity contribution in [1.82, 2.24) is 15.6 Å². The average Bonchev–Trinajstić information content (AvgIpc) is 2.68. The van der Waals surface area contributed by atoms with E-state index in [2.05, 4.69) is 41.8 Å². The Morgan fingerprint density at radius 3 is 2.58 bits per heavy atom. The van der Waals surface area contributed by atoms with Crippen LogP contribution in [0.1, 0.15) is 28.8 Å². The van der Waals surface area contributed by atoms with Crippen molar-refractivity contribution >= 4 is 16.8 Å². The van der Waals surface area contributed by atoms with Crippen molar-refractivity contribution < 1.29 is 4.79 Å². The topological polar surface area (TPSA) is 54.0 Å². The standard InChI is InChI=1S/C22H23N3O/c1-15-6-8-16(9-7-15)21-14-19(18-4-2-3-5-20(18)25-21)22(26)24-17-10-12-23-13-11-17/h2-9,14,17,23H,10-13H2,1H3,(H,24,26). The van der Waals surface area contributed by atoms with Crippen molar-refractivity contribution in [2.75, 3.05) is 13.1 Å². The fourth-order valence-corrected chi connectivity index (χ4v) is 3.46. The van der Waals surface area contributed by atoms with Crippen LogP contribution in [0.15, 0.2) is 54.6 Å². The Kier molecular flexibility index (Phi) is 4.67. The summed E-state index contributed by atoms with van der Waals surface area (Å²) < 4.78 is 0. The fourth-order valence-electron chi connectivity index (χ4n) is 3.46. The van der Waals surface area contributed by atoms with Gasteiger partial charge in [-0.3, -0.25) is 4.79 Å². The summed E-state index contributed by atoms with van der Waals surface area (Å²) in [7, 11) is 0. The summed E-state index contributed by atoms with van der Waals surface area (Å²) in [4.78, 5) is 17.8. The van der Waals surface area contributed by atoms with Crippen LogP contribution in [0.5, 0.6) is 0 Å². The van der Waals surface area contributed by atoms with E-state index in [0.717, 1.165) is 48.1 Å². The first-order chi connectivity index (χ1) is 12.7. The Labute approximate surface area is 153 Å². The SMILES string of the molecule is Cc1ccc(-c2cc(C(=O)NC3CCNCC3)c3ccccc3n2)cc1. The maximum absolute atomic E-state index is 13.0. The third kappa shape index (κ3) is 3.46. The molecule has 4 heteroatoms. The van der Waals surface area contributed by atoms with Crippen LogP contribution in [-0.4, -0.2) is 30.0 Å². The molecule has 1 amide bonds. The molecule has 3 aromatic rings. The number of nitrogens with one attached hydrogen (secondary N) is 2. The number of hydrogen-bond donors (Lipinski definition) is 2. The van der Waals surface area contributed by atoms with Gasteiger partial charge in [-0.1, -0.05) is 48.0 Å². The van der Waals surface area contributed by atoms with Gasteiger partial charge in [-0.25, -0.2) is 4.98 Å². The zero-order valence-corrected chi connectivity index (χ0v) is 15.0. The Balaban J connectivity index is 1.74. The quantitative estimate of drug-likeness (QED) is 0.761. The normalized spacial score (nSPS) is 15.1. The molecule has 0 bridgehead atoms. The second-order valence-electron chi connectivity index (χ2n) is 6.94. The van der Waals surface area contributed by atoms with E-state index in [9.17, 15) is 4.79 Å². The first-order valence-corrected chi connectivity index (χ1v) is 9.19. The minimum absolute atomic E-state index is 0.0103. The second-order valence-corrected chi connectivity index (χ2v) is 6.94. The zero-order chi connectivity index (χ0) is 17.9. The third-order valence-corrected chi connectivity index (χ3v) is 4.98. The summed E-state index contributed by atoms with van der Waals surface area (Å²) in [6, 6.07) is 18.3. The number of piperidine rings is 1. The first kappa shape index (κ1) is 16.7. The molecule has 4 nitrogen and oxygen atoms in total. The van der Waals surface area contributed by atoms with Gasteiger partial charge in [0.15, 0.2) is 0 Å². The number of aromatic nitrogens is 1. The Bertz CT molecular complexity index is 928. The van der Waals surface area contributed by atoms with Crippen molar-refractivity contribution in [3.8, 4) is 11.3 Å². The van der Waals surface area contributed by atoms with Crippen LogP contribution in [0.25, 0.3) is 22.2 Å². The molecule has 26 heavy (non-hydrogen) atoms. The van der Waals surface area contributed by atoms with Crippen molar-refractivity contribution in [1.29, 1.82) is 0 Å². The molecule has 0 atom stereocenters. The van der Waals surface area contributed by atoms with Gasteiger partial charge in [0.25, 0.3) is 5.91 Å². The number of aryl methyl sites for hydroxylation is 1. The minimum atomic E-state index is -0.0103. The summed E-state index contributed by atoms with van der Waals surface area (Å²) in [5, 5.41) is 7.44. The second kappa shape index (κ2) is 7.26. The van der Waals surface area contributed by atoms with Gasteiger partial charge < -0.3 is 10.6 Å². The summed E-state index contributed by atoms with van der Waals surface area (Å²) >= 11 is 0. The van der Waals surface area contributed by atoms with Crippen molar-refractivity contribution in [3.05, 3.63) is 65.7 Å². The third-order valence-electron chi connectivity index (χ3n) is 4.98. The molecule has 2 aromatic carbocycles. The monoisotopic (exact) mass is 345 g/mol. The van der Waals surface area contributed by atoms with Gasteiger partial charge in [0.05, 0.1) is 16.8 Å². The lowest BCUT2D eigenvalue weighted by atomic mass is 10.0. The molecule has 1 aliphatic rings. The zero-order valence-electron chi connectivity index (χ0n) is 15.0. The average molecular weight is 345 g/mol. The number of rotatable bonds is 3. The molecule has 2 N–H and O–H groups in total. The molecule has 1 saturated heterocycles. The van der Waals surface area contributed by atoms with E-state index in [1.54, 1.807) is 0 Å². The first-order valence-electron chi connectivity index (χ1n) is 9.19. The molecule has 0 radical (unpaired) electrons. The predicted octanol–water partition coefficient (Wildman–Crippen LogP) is 3.69. The number of carbonyl (C=O) groups is 1. The Morgan fingerprint density at radius 2 is 1.81 bits per heavy atom. The number of fused-ring (bicyclic) bond motifs is 1. The van der Waals surface area contributed by atoms with Crippen LogP contribution in [0, 0.1) is 6.92 Å². The molecule has 1 aromatic heterocycles. The lowest BCUT2D eigenvalue weighted by Gasteiger charge is -2.24. The highest BCUT2D eigenvalue weighted by Crippen LogP contribution is 2.25. The fraction of sp³-hybridized carbons (Fsp3) is 0.273. The van der Waals surface area contributed by atoms with Crippen molar-refractivity contribution in [2.45, 2.75) is 25.8 Å². The Morgan fingerprint density at radius 1 is 1.08 bits per heavy atom. The van der Waals surface area contributed by atoms with Crippen LogP contribution in [0.3, 0.4) is 0 Å². The molecule has 1 fully saturated rings. The summed E-state index contributed by atoms with van der Waals surface area (Å²) in [5.74, 6) is -0.0103. The highest BCUT2D eigenvalue weighted by atomic mass is 16.1. The molecule has 4 rings (SSSR count). The molecule has 0 aliphatic carbocycles. The Hall–Kier alpha value is -2.72. The predicted molar refractivity (Wildman–Crippen MR) is 105 cm³/mol. The van der Waals surface area contributed by atoms with Gasteiger partial charge >= 0.3 is 0 Å². The smallest absolute Gasteiger partial charge is 0.252 e. The molecule has 132 valence electrons. The van der Waals surface area contributed by atoms with Crippen LogP contribution in [-0.2, 0) is 0 Å². The molecule has 0 saturated carbocycles. The largest absolute Gasteiger partial charge is 0.349 e. The van der Waals surface area contributed by atoms with Crippen LogP contribution >= 0.6 is 0 Å². The van der Waals surface area contributed by atoms with E-state index in [-0.39, 0.29) is 11.9 Å². The van der Waals surface area contributed by atoms with Gasteiger partial charge in [0, 0.05) is 17.0 Å². The number of pyridine rings is 1. The number of benzene rings is 2. The minimum Gasteiger partial charge on any atom is -0.349 e. The number of nitrogens with zero attached hydrogens (tertiary/aromatic N) is 1. The molecule has 1 aliphatic heterocycles. The maximum Gasteiger partial charge on any atom is 0.252 e. The number of carbonyl (C=O) groups excluding carboxylic acids is 1. The highest BCUT2D eigenvalue weighted by Gasteiger charge is 2.19. The van der Waals surface area contributed by atoms with Gasteiger partial charge in [-0.15, -0.1) is 0 Å².